The highest BCUT2D eigenvalue weighted by Gasteiger charge is 2.59. The summed E-state index contributed by atoms with van der Waals surface area (Å²) < 4.78 is 61.3. The molecule has 644 valence electrons. The molecule has 8 amide bonds. The van der Waals surface area contributed by atoms with Crippen molar-refractivity contribution < 1.29 is 65.3 Å². The van der Waals surface area contributed by atoms with Gasteiger partial charge in [0.05, 0.1) is 100 Å². The van der Waals surface area contributed by atoms with Gasteiger partial charge in [0.1, 0.15) is 13.1 Å². The first-order chi connectivity index (χ1) is 58.7. The number of piperazine rings is 4. The van der Waals surface area contributed by atoms with Crippen LogP contribution >= 0.6 is 0 Å². The van der Waals surface area contributed by atoms with Crippen molar-refractivity contribution in [3.8, 4) is 44.5 Å². The molecule has 8 aliphatic heterocycles. The summed E-state index contributed by atoms with van der Waals surface area (Å²) in [5, 5.41) is 26.1. The van der Waals surface area contributed by atoms with Crippen molar-refractivity contribution >= 4 is 55.7 Å². The summed E-state index contributed by atoms with van der Waals surface area (Å²) in [7, 11) is -3.53. The van der Waals surface area contributed by atoms with Gasteiger partial charge in [-0.1, -0.05) is 220 Å². The first-order valence-electron chi connectivity index (χ1n) is 42.8. The Hall–Kier alpha value is -10.2. The summed E-state index contributed by atoms with van der Waals surface area (Å²) >= 11 is 0. The van der Waals surface area contributed by atoms with Crippen molar-refractivity contribution in [2.75, 3.05) is 106 Å². The molecule has 10 aliphatic rings. The van der Waals surface area contributed by atoms with Crippen molar-refractivity contribution in [1.29, 1.82) is 0 Å². The Balaban J connectivity index is 0.000000127. The molecule has 8 aromatic rings. The van der Waals surface area contributed by atoms with Gasteiger partial charge < -0.3 is 59.7 Å². The predicted octanol–water partition coefficient (Wildman–Crippen LogP) is 11.1. The van der Waals surface area contributed by atoms with Crippen LogP contribution in [0.2, 0.25) is 0 Å². The van der Waals surface area contributed by atoms with Crippen LogP contribution in [-0.2, 0) is 48.7 Å². The first-order valence-corrected chi connectivity index (χ1v) is 46.5. The Kier molecular flexibility index (Phi) is 26.4. The number of hydrogen-bond acceptors (Lipinski definition) is 14. The summed E-state index contributed by atoms with van der Waals surface area (Å²) in [6, 6.07) is 65.9. The van der Waals surface area contributed by atoms with E-state index in [9.17, 15) is 55.8 Å². The van der Waals surface area contributed by atoms with Gasteiger partial charge in [-0.15, -0.1) is 0 Å². The number of amides is 8. The van der Waals surface area contributed by atoms with Gasteiger partial charge in [-0.05, 0) is 142 Å². The molecule has 0 bridgehead atoms. The van der Waals surface area contributed by atoms with E-state index < -0.39 is 20.0 Å². The third-order valence-electron chi connectivity index (χ3n) is 27.1. The topological polar surface area (TPSA) is 280 Å². The number of nitrogens with zero attached hydrogens (tertiary/aromatic N) is 8. The fraction of sp³-hybridized carbons (Fsp3) is 0.438. The minimum atomic E-state index is -3.44. The van der Waals surface area contributed by atoms with Crippen molar-refractivity contribution in [1.82, 2.24) is 48.6 Å². The van der Waals surface area contributed by atoms with Crippen LogP contribution in [0.15, 0.2) is 194 Å². The second-order valence-electron chi connectivity index (χ2n) is 34.6. The number of carbonyl (C=O) groups is 6. The number of aryl methyl sites for hydroxylation is 4. The molecule has 8 aromatic carbocycles. The number of hydrogen-bond donors (Lipinski definition) is 4. The molecule has 2 aliphatic carbocycles. The molecule has 12 atom stereocenters. The lowest BCUT2D eigenvalue weighted by Crippen LogP contribution is -2.74. The van der Waals surface area contributed by atoms with Crippen LogP contribution < -0.4 is 10.6 Å². The number of aliphatic hydroxyl groups excluding tert-OH is 2. The van der Waals surface area contributed by atoms with Crippen LogP contribution in [0.5, 0.6) is 0 Å². The fourth-order valence-corrected chi connectivity index (χ4v) is 22.4. The SMILES string of the molecule is COC[C@H]1[C@@H](c2ccc(-c3ccccc3C)cc2)[C@H]2CN(C(=O)NC3CCCC3)CC(=O)N21.COC[C@H]1[C@H](c2ccc(-c3ccccc3C)cc2)[C@@H]2CN(S(C)(=O)=O)CC(=O)N12.Cc1ccccc1-c1ccc([C@H]2[C@H](CO)N3C(=O)CN(S(C)(=O)=O)C[C@@H]23)cc1.Cc1ccccc1-c1ccc([C@H]2[C@H]3CN(C(=O)NC4CCCC4)CC(=O)N3[C@H]2CO)cc1. The van der Waals surface area contributed by atoms with E-state index in [-0.39, 0.29) is 166 Å². The number of ether oxygens (including phenoxy) is 2. The third-order valence-corrected chi connectivity index (χ3v) is 29.6. The quantitative estimate of drug-likeness (QED) is 0.0622. The molecule has 122 heavy (non-hydrogen) atoms. The number of aliphatic hydroxyl groups is 2. The van der Waals surface area contributed by atoms with E-state index in [1.165, 1.54) is 77.1 Å². The summed E-state index contributed by atoms with van der Waals surface area (Å²) in [5.74, 6) is -0.301. The van der Waals surface area contributed by atoms with Gasteiger partial charge in [-0.25, -0.2) is 26.4 Å². The number of carbonyl (C=O) groups excluding carboxylic acids is 6. The standard InChI is InChI=1S/C27H33N3O3.C26H31N3O3.C22H26N2O4S.C21H24N2O4S/c1-18-7-3-6-10-22(18)19-11-13-20(14-12-19)26-23-15-29(27(32)28-21-8-4-5-9-21)16-25(31)30(23)24(26)17-33-2;1-17-6-2-5-9-21(17)18-10-12-19(13-11-18)25-22-14-28(15-24(31)29(22)23(25)16-30)26(32)27-20-7-3-4-8-20;1-15-6-4-5-7-18(15)16-8-10-17(11-9-16)22-19-12-23(29(3,26)27)13-21(25)24(19)20(22)14-28-2;1-14-5-3-4-6-17(14)15-7-9-16(10-8-15)21-18-11-22(28(2,26)27)12-20(25)23(18)19(21)13-24/h3,6-7,10-14,21,23-24,26H,4-5,8-9,15-17H2,1-2H3,(H,28,32);2,5-6,9-13,20,22-23,25,30H,3-4,7-8,14-16H2,1H3,(H,27,32);4-11,19-20,22H,12-14H2,1-3H3;3-10,18-19,21,24H,11-13H2,1-2H3/t23-,24+,26+;22-,23+,25+;19-,20-,22+;18-,19-,21+/m1100/s1. The summed E-state index contributed by atoms with van der Waals surface area (Å²) in [6.45, 7) is 10.8. The van der Waals surface area contributed by atoms with Crippen LogP contribution in [0, 0.1) is 27.7 Å². The maximum absolute atomic E-state index is 13.0. The van der Waals surface area contributed by atoms with E-state index in [2.05, 4.69) is 172 Å². The van der Waals surface area contributed by atoms with Crippen molar-refractivity contribution in [3.63, 3.8) is 0 Å². The molecular weight excluding hydrogens is 1580 g/mol. The zero-order valence-electron chi connectivity index (χ0n) is 70.9. The third kappa shape index (κ3) is 17.9. The molecule has 4 N–H and O–H groups in total. The maximum Gasteiger partial charge on any atom is 0.318 e. The van der Waals surface area contributed by atoms with Crippen LogP contribution in [0.4, 0.5) is 9.59 Å². The lowest BCUT2D eigenvalue weighted by molar-refractivity contribution is -0.160. The molecule has 0 aromatic heterocycles. The average Bonchev–Trinajstić information content (AvgIpc) is 0.774. The monoisotopic (exact) mass is 1690 g/mol. The van der Waals surface area contributed by atoms with Gasteiger partial charge in [0.25, 0.3) is 0 Å². The molecule has 0 spiro atoms. The molecule has 0 unspecified atom stereocenters. The Bertz CT molecular complexity index is 5360. The molecule has 24 nitrogen and oxygen atoms in total. The van der Waals surface area contributed by atoms with Gasteiger partial charge in [0, 0.05) is 76.2 Å². The Morgan fingerprint density at radius 3 is 0.861 bits per heavy atom. The minimum Gasteiger partial charge on any atom is -0.394 e. The number of nitrogens with one attached hydrogen (secondary N) is 2. The number of benzene rings is 8. The van der Waals surface area contributed by atoms with Gasteiger partial charge in [0.15, 0.2) is 0 Å². The highest BCUT2D eigenvalue weighted by Crippen LogP contribution is 2.49. The first kappa shape index (κ1) is 86.8. The fourth-order valence-electron chi connectivity index (χ4n) is 20.9. The molecule has 18 rings (SSSR count). The summed E-state index contributed by atoms with van der Waals surface area (Å²) in [4.78, 5) is 87.1. The van der Waals surface area contributed by atoms with Crippen molar-refractivity contribution in [2.45, 2.75) is 163 Å². The van der Waals surface area contributed by atoms with Gasteiger partial charge >= 0.3 is 12.1 Å². The molecule has 8 saturated heterocycles. The smallest absolute Gasteiger partial charge is 0.318 e. The Labute approximate surface area is 717 Å². The second-order valence-corrected chi connectivity index (χ2v) is 38.6. The molecule has 10 fully saturated rings. The average molecular weight is 1700 g/mol. The van der Waals surface area contributed by atoms with Crippen LogP contribution in [0.3, 0.4) is 0 Å². The normalized spacial score (nSPS) is 25.2. The summed E-state index contributed by atoms with van der Waals surface area (Å²) in [5.41, 5.74) is 18.7. The Morgan fingerprint density at radius 1 is 0.361 bits per heavy atom. The van der Waals surface area contributed by atoms with Gasteiger partial charge in [-0.3, -0.25) is 19.2 Å². The molecule has 26 heteroatoms. The van der Waals surface area contributed by atoms with E-state index in [0.29, 0.717) is 32.8 Å². The number of rotatable bonds is 18. The van der Waals surface area contributed by atoms with Crippen molar-refractivity contribution in [3.05, 3.63) is 239 Å². The summed E-state index contributed by atoms with van der Waals surface area (Å²) in [6.07, 6.45) is 11.0. The van der Waals surface area contributed by atoms with Gasteiger partial charge in [0.2, 0.25) is 43.7 Å². The zero-order valence-corrected chi connectivity index (χ0v) is 72.5. The highest BCUT2D eigenvalue weighted by molar-refractivity contribution is 7.88. The van der Waals surface area contributed by atoms with Gasteiger partial charge in [-0.2, -0.15) is 8.61 Å². The molecular formula is C96H114N10O14S2. The maximum atomic E-state index is 13.0. The zero-order chi connectivity index (χ0) is 86.0. The van der Waals surface area contributed by atoms with Crippen LogP contribution in [0.25, 0.3) is 44.5 Å². The number of fused-ring (bicyclic) bond motifs is 4. The number of methoxy groups -OCH3 is 2. The Morgan fingerprint density at radius 2 is 0.607 bits per heavy atom. The molecule has 0 radical (unpaired) electrons. The highest BCUT2D eigenvalue weighted by atomic mass is 32.2. The van der Waals surface area contributed by atoms with Crippen LogP contribution in [0.1, 0.15) is 120 Å². The van der Waals surface area contributed by atoms with E-state index >= 15 is 0 Å². The number of urea groups is 2. The van der Waals surface area contributed by atoms with E-state index in [1.54, 1.807) is 33.8 Å². The largest absolute Gasteiger partial charge is 0.394 e. The number of sulfonamides is 2. The molecule has 8 heterocycles. The lowest BCUT2D eigenvalue weighted by Gasteiger charge is -2.59. The minimum absolute atomic E-state index is 0.00922. The predicted molar refractivity (Wildman–Crippen MR) is 471 cm³/mol. The van der Waals surface area contributed by atoms with E-state index in [1.807, 2.05) is 70.5 Å². The second kappa shape index (κ2) is 37.1. The van der Waals surface area contributed by atoms with Crippen LogP contribution in [-0.4, -0.2) is 267 Å². The van der Waals surface area contributed by atoms with E-state index in [0.717, 1.165) is 84.4 Å². The van der Waals surface area contributed by atoms with E-state index in [4.69, 9.17) is 9.47 Å². The lowest BCUT2D eigenvalue weighted by atomic mass is 9.73. The van der Waals surface area contributed by atoms with Crippen molar-refractivity contribution in [2.24, 2.45) is 0 Å². The molecule has 2 saturated carbocycles.